The quantitative estimate of drug-likeness (QED) is 0.637. The van der Waals surface area contributed by atoms with Crippen LogP contribution in [0.4, 0.5) is 19.0 Å². The molecule has 2 fully saturated rings. The van der Waals surface area contributed by atoms with E-state index in [-0.39, 0.29) is 42.3 Å². The summed E-state index contributed by atoms with van der Waals surface area (Å²) >= 11 is 6.07. The maximum atomic E-state index is 12.8. The molecule has 0 N–H and O–H groups in total. The zero-order chi connectivity index (χ0) is 22.2. The van der Waals surface area contributed by atoms with Crippen molar-refractivity contribution in [1.29, 1.82) is 0 Å². The predicted molar refractivity (Wildman–Crippen MR) is 103 cm³/mol. The number of alkyl halides is 3. The molecule has 0 amide bonds. The van der Waals surface area contributed by atoms with Gasteiger partial charge in [0.25, 0.3) is 0 Å². The smallest absolute Gasteiger partial charge is 0.417 e. The molecule has 3 aliphatic rings. The Balaban J connectivity index is 1.40. The van der Waals surface area contributed by atoms with Crippen molar-refractivity contribution >= 4 is 29.1 Å². The lowest BCUT2D eigenvalue weighted by atomic mass is 9.99. The molecule has 2 atom stereocenters. The summed E-state index contributed by atoms with van der Waals surface area (Å²) in [5.41, 5.74) is -0.707. The van der Waals surface area contributed by atoms with Crippen LogP contribution in [0.3, 0.4) is 0 Å². The third-order valence-corrected chi connectivity index (χ3v) is 5.86. The van der Waals surface area contributed by atoms with E-state index in [9.17, 15) is 18.0 Å². The van der Waals surface area contributed by atoms with Gasteiger partial charge in [-0.3, -0.25) is 0 Å². The Morgan fingerprint density at radius 3 is 2.68 bits per heavy atom. The Hall–Kier alpha value is -2.11. The van der Waals surface area contributed by atoms with Crippen LogP contribution in [0.5, 0.6) is 0 Å². The summed E-state index contributed by atoms with van der Waals surface area (Å²) in [5.74, 6) is -1.52. The Labute approximate surface area is 181 Å². The van der Waals surface area contributed by atoms with Crippen LogP contribution in [0.25, 0.3) is 0 Å². The number of rotatable bonds is 3. The van der Waals surface area contributed by atoms with Crippen molar-refractivity contribution in [1.82, 2.24) is 4.98 Å². The number of nitrogens with zero attached hydrogens (tertiary/aromatic N) is 3. The molecule has 1 spiro atoms. The molecule has 4 rings (SSSR count). The lowest BCUT2D eigenvalue weighted by Gasteiger charge is -2.41. The fourth-order valence-corrected chi connectivity index (χ4v) is 4.14. The third kappa shape index (κ3) is 4.44. The highest BCUT2D eigenvalue weighted by Crippen LogP contribution is 2.38. The first-order valence-corrected chi connectivity index (χ1v) is 10.3. The molecule has 2 saturated heterocycles. The molecule has 1 aromatic heterocycles. The Morgan fingerprint density at radius 2 is 2.03 bits per heavy atom. The number of halogens is 4. The fourth-order valence-electron chi connectivity index (χ4n) is 3.85. The first-order valence-electron chi connectivity index (χ1n) is 9.89. The van der Waals surface area contributed by atoms with E-state index in [1.807, 2.05) is 0 Å². The van der Waals surface area contributed by atoms with Crippen LogP contribution in [-0.2, 0) is 30.0 Å². The molecule has 0 bridgehead atoms. The van der Waals surface area contributed by atoms with Crippen molar-refractivity contribution in [3.8, 4) is 0 Å². The molecular weight excluding hydrogens is 443 g/mol. The van der Waals surface area contributed by atoms with E-state index in [1.165, 1.54) is 0 Å². The minimum Gasteiger partial charge on any atom is -0.461 e. The highest BCUT2D eigenvalue weighted by atomic mass is 35.5. The highest BCUT2D eigenvalue weighted by Gasteiger charge is 2.47. The zero-order valence-corrected chi connectivity index (χ0v) is 17.4. The fraction of sp³-hybridized carbons (Fsp3) is 0.632. The molecule has 4 heterocycles. The summed E-state index contributed by atoms with van der Waals surface area (Å²) in [6.45, 7) is 3.16. The van der Waals surface area contributed by atoms with Crippen molar-refractivity contribution in [2.75, 3.05) is 37.8 Å². The number of carbonyl (C=O) groups is 1. The van der Waals surface area contributed by atoms with Gasteiger partial charge in [0.1, 0.15) is 5.82 Å². The van der Waals surface area contributed by atoms with Gasteiger partial charge in [0.2, 0.25) is 0 Å². The summed E-state index contributed by atoms with van der Waals surface area (Å²) in [6.07, 6.45) is -3.29. The lowest BCUT2D eigenvalue weighted by Crippen LogP contribution is -2.48. The number of aromatic nitrogens is 1. The van der Waals surface area contributed by atoms with E-state index >= 15 is 0 Å². The van der Waals surface area contributed by atoms with Crippen LogP contribution in [-0.4, -0.2) is 61.5 Å². The van der Waals surface area contributed by atoms with E-state index in [0.29, 0.717) is 25.9 Å². The number of piperidine rings is 1. The van der Waals surface area contributed by atoms with Crippen molar-refractivity contribution in [2.45, 2.75) is 37.8 Å². The van der Waals surface area contributed by atoms with Gasteiger partial charge in [-0.25, -0.2) is 9.78 Å². The van der Waals surface area contributed by atoms with Gasteiger partial charge in [0.05, 0.1) is 36.3 Å². The van der Waals surface area contributed by atoms with Crippen molar-refractivity contribution in [3.63, 3.8) is 0 Å². The van der Waals surface area contributed by atoms with E-state index in [0.717, 1.165) is 12.3 Å². The second kappa shape index (κ2) is 8.44. The second-order valence-corrected chi connectivity index (χ2v) is 7.90. The van der Waals surface area contributed by atoms with Crippen LogP contribution in [0.2, 0.25) is 5.02 Å². The third-order valence-electron chi connectivity index (χ3n) is 5.58. The number of hydrogen-bond donors (Lipinski definition) is 0. The largest absolute Gasteiger partial charge is 0.461 e. The van der Waals surface area contributed by atoms with E-state index in [1.54, 1.807) is 11.8 Å². The van der Waals surface area contributed by atoms with Crippen LogP contribution >= 0.6 is 11.6 Å². The van der Waals surface area contributed by atoms with Crippen LogP contribution < -0.4 is 4.90 Å². The van der Waals surface area contributed by atoms with Gasteiger partial charge in [0.15, 0.2) is 17.6 Å². The van der Waals surface area contributed by atoms with Gasteiger partial charge in [-0.2, -0.15) is 13.2 Å². The van der Waals surface area contributed by atoms with Crippen molar-refractivity contribution in [3.05, 3.63) is 22.8 Å². The lowest BCUT2D eigenvalue weighted by molar-refractivity contribution is -0.240. The Morgan fingerprint density at radius 1 is 1.32 bits per heavy atom. The number of ether oxygens (including phenoxy) is 3. The number of esters is 1. The standard InChI is InChI=1S/C19H21ClF3N3O5/c1-2-28-17(27)15-12-9-29-18(30-10-14(12)31-25-15)3-5-26(6-4-18)16-13(20)7-11(8-24-16)19(21,22)23/h7-8,12,14H,2-6,9-10H2,1H3/t12-,14-/m0/s1. The molecule has 0 unspecified atom stereocenters. The normalized spacial score (nSPS) is 25.5. The number of hydrogen-bond acceptors (Lipinski definition) is 8. The van der Waals surface area contributed by atoms with Crippen molar-refractivity contribution < 1.29 is 37.0 Å². The van der Waals surface area contributed by atoms with E-state index in [4.69, 9.17) is 30.6 Å². The van der Waals surface area contributed by atoms with E-state index in [2.05, 4.69) is 10.1 Å². The molecule has 3 aliphatic heterocycles. The number of oxime groups is 1. The van der Waals surface area contributed by atoms with Gasteiger partial charge in [-0.15, -0.1) is 0 Å². The predicted octanol–water partition coefficient (Wildman–Crippen LogP) is 3.03. The Kier molecular flexibility index (Phi) is 6.01. The summed E-state index contributed by atoms with van der Waals surface area (Å²) < 4.78 is 55.6. The molecule has 0 aliphatic carbocycles. The molecule has 31 heavy (non-hydrogen) atoms. The molecular formula is C19H21ClF3N3O5. The molecule has 12 heteroatoms. The van der Waals surface area contributed by atoms with E-state index < -0.39 is 29.6 Å². The monoisotopic (exact) mass is 463 g/mol. The second-order valence-electron chi connectivity index (χ2n) is 7.49. The molecule has 0 radical (unpaired) electrons. The zero-order valence-electron chi connectivity index (χ0n) is 16.7. The average Bonchev–Trinajstić information content (AvgIpc) is 3.06. The number of fused-ring (bicyclic) bond motifs is 1. The maximum Gasteiger partial charge on any atom is 0.417 e. The van der Waals surface area contributed by atoms with Gasteiger partial charge < -0.3 is 23.9 Å². The van der Waals surface area contributed by atoms with Gasteiger partial charge in [-0.1, -0.05) is 16.8 Å². The molecule has 0 aromatic carbocycles. The minimum atomic E-state index is -4.50. The van der Waals surface area contributed by atoms with Crippen LogP contribution in [0.1, 0.15) is 25.3 Å². The number of pyridine rings is 1. The highest BCUT2D eigenvalue weighted by molar-refractivity contribution is 6.37. The van der Waals surface area contributed by atoms with Crippen LogP contribution in [0, 0.1) is 5.92 Å². The summed E-state index contributed by atoms with van der Waals surface area (Å²) in [4.78, 5) is 23.1. The van der Waals surface area contributed by atoms with Gasteiger partial charge in [0, 0.05) is 32.1 Å². The molecule has 1 aromatic rings. The van der Waals surface area contributed by atoms with Gasteiger partial charge >= 0.3 is 12.1 Å². The topological polar surface area (TPSA) is 82.5 Å². The molecule has 0 saturated carbocycles. The maximum absolute atomic E-state index is 12.8. The summed E-state index contributed by atoms with van der Waals surface area (Å²) in [7, 11) is 0. The SMILES string of the molecule is CCOC(=O)C1=NO[C@H]2COC3(CCN(c4ncc(C(F)(F)F)cc4Cl)CC3)OC[C@H]12. The minimum absolute atomic E-state index is 0.0632. The summed E-state index contributed by atoms with van der Waals surface area (Å²) in [5, 5.41) is 3.77. The van der Waals surface area contributed by atoms with Gasteiger partial charge in [-0.05, 0) is 13.0 Å². The van der Waals surface area contributed by atoms with Crippen molar-refractivity contribution in [2.24, 2.45) is 11.1 Å². The van der Waals surface area contributed by atoms with Crippen LogP contribution in [0.15, 0.2) is 17.4 Å². The average molecular weight is 464 g/mol. The first-order chi connectivity index (χ1) is 14.7. The number of carbonyl (C=O) groups excluding carboxylic acids is 1. The number of anilines is 1. The summed E-state index contributed by atoms with van der Waals surface area (Å²) in [6, 6.07) is 0.877. The molecule has 170 valence electrons. The first kappa shape index (κ1) is 22.1. The Bertz CT molecular complexity index is 874. The molecule has 8 nitrogen and oxygen atoms in total.